The Morgan fingerprint density at radius 3 is 2.73 bits per heavy atom. The lowest BCUT2D eigenvalue weighted by Gasteiger charge is -2.18. The van der Waals surface area contributed by atoms with Crippen molar-refractivity contribution in [2.24, 2.45) is 0 Å². The van der Waals surface area contributed by atoms with Gasteiger partial charge in [-0.1, -0.05) is 24.3 Å². The van der Waals surface area contributed by atoms with Gasteiger partial charge in [-0.2, -0.15) is 0 Å². The van der Waals surface area contributed by atoms with Crippen molar-refractivity contribution in [3.8, 4) is 5.75 Å². The zero-order valence-electron chi connectivity index (χ0n) is 18.1. The van der Waals surface area contributed by atoms with E-state index in [1.54, 1.807) is 60.6 Å². The molecule has 0 unspecified atom stereocenters. The minimum atomic E-state index is -0.665. The maximum Gasteiger partial charge on any atom is 0.240 e. The van der Waals surface area contributed by atoms with Gasteiger partial charge in [0, 0.05) is 35.3 Å². The number of fused-ring (bicyclic) bond motifs is 2. The van der Waals surface area contributed by atoms with Crippen LogP contribution in [0.5, 0.6) is 5.75 Å². The molecule has 1 aliphatic carbocycles. The topological polar surface area (TPSA) is 93.5 Å². The summed E-state index contributed by atoms with van der Waals surface area (Å²) in [5, 5.41) is 14.1. The summed E-state index contributed by atoms with van der Waals surface area (Å²) in [6.07, 6.45) is 4.81. The van der Waals surface area contributed by atoms with E-state index in [2.05, 4.69) is 10.3 Å². The summed E-state index contributed by atoms with van der Waals surface area (Å²) in [7, 11) is 1.58. The minimum absolute atomic E-state index is 0.00345. The molecule has 2 aromatic carbocycles. The van der Waals surface area contributed by atoms with Crippen molar-refractivity contribution in [2.75, 3.05) is 7.11 Å². The van der Waals surface area contributed by atoms with Crippen molar-refractivity contribution in [1.82, 2.24) is 14.9 Å². The monoisotopic (exact) mass is 441 g/mol. The highest BCUT2D eigenvalue weighted by molar-refractivity contribution is 6.16. The number of ketones is 1. The summed E-state index contributed by atoms with van der Waals surface area (Å²) < 4.78 is 6.89. The average Bonchev–Trinajstić information content (AvgIpc) is 3.36. The third kappa shape index (κ3) is 3.87. The number of aliphatic hydroxyl groups excluding tert-OH is 1. The molecule has 166 valence electrons. The maximum absolute atomic E-state index is 13.2. The highest BCUT2D eigenvalue weighted by atomic mass is 16.5. The number of rotatable bonds is 6. The smallest absolute Gasteiger partial charge is 0.240 e. The number of ether oxygens (including phenoxy) is 1. The molecule has 2 N–H and O–H groups in total. The highest BCUT2D eigenvalue weighted by Crippen LogP contribution is 2.31. The largest absolute Gasteiger partial charge is 0.497 e. The van der Waals surface area contributed by atoms with Crippen LogP contribution in [0.3, 0.4) is 0 Å². The zero-order chi connectivity index (χ0) is 22.9. The molecule has 0 bridgehead atoms. The molecule has 0 radical (unpaired) electrons. The summed E-state index contributed by atoms with van der Waals surface area (Å²) in [5.41, 5.74) is 3.70. The summed E-state index contributed by atoms with van der Waals surface area (Å²) in [6, 6.07) is 16.0. The number of hydrogen-bond acceptors (Lipinski definition) is 5. The Morgan fingerprint density at radius 2 is 1.94 bits per heavy atom. The second kappa shape index (κ2) is 8.52. The molecule has 33 heavy (non-hydrogen) atoms. The Hall–Kier alpha value is -3.97. The summed E-state index contributed by atoms with van der Waals surface area (Å²) in [5.74, 6) is 0.277. The molecule has 0 aliphatic heterocycles. The van der Waals surface area contributed by atoms with E-state index < -0.39 is 12.1 Å². The van der Waals surface area contributed by atoms with Crippen LogP contribution in [-0.2, 0) is 17.8 Å². The van der Waals surface area contributed by atoms with Gasteiger partial charge in [0.1, 0.15) is 12.3 Å². The van der Waals surface area contributed by atoms with Gasteiger partial charge in [-0.25, -0.2) is 0 Å². The summed E-state index contributed by atoms with van der Waals surface area (Å²) in [6.45, 7) is 0.00345. The van der Waals surface area contributed by atoms with E-state index in [0.29, 0.717) is 28.8 Å². The van der Waals surface area contributed by atoms with Crippen molar-refractivity contribution >= 4 is 22.6 Å². The number of nitrogens with one attached hydrogen (secondary N) is 1. The van der Waals surface area contributed by atoms with Crippen LogP contribution in [0.1, 0.15) is 33.1 Å². The van der Waals surface area contributed by atoms with Gasteiger partial charge in [0.25, 0.3) is 0 Å². The molecule has 4 aromatic rings. The maximum atomic E-state index is 13.2. The van der Waals surface area contributed by atoms with Gasteiger partial charge >= 0.3 is 0 Å². The first-order valence-electron chi connectivity index (χ1n) is 10.7. The summed E-state index contributed by atoms with van der Waals surface area (Å²) in [4.78, 5) is 30.3. The Labute approximate surface area is 190 Å². The lowest BCUT2D eigenvalue weighted by molar-refractivity contribution is -0.123. The molecule has 0 saturated heterocycles. The van der Waals surface area contributed by atoms with E-state index in [0.717, 1.165) is 16.5 Å². The number of pyridine rings is 1. The van der Waals surface area contributed by atoms with Crippen LogP contribution in [-0.4, -0.2) is 39.6 Å². The number of aliphatic hydroxyl groups is 1. The van der Waals surface area contributed by atoms with E-state index in [-0.39, 0.29) is 18.2 Å². The van der Waals surface area contributed by atoms with Crippen LogP contribution in [0, 0.1) is 0 Å². The predicted molar refractivity (Wildman–Crippen MR) is 123 cm³/mol. The van der Waals surface area contributed by atoms with Gasteiger partial charge in [0.05, 0.1) is 31.0 Å². The van der Waals surface area contributed by atoms with Crippen LogP contribution in [0.15, 0.2) is 73.2 Å². The van der Waals surface area contributed by atoms with Crippen LogP contribution in [0.2, 0.25) is 0 Å². The van der Waals surface area contributed by atoms with Crippen molar-refractivity contribution in [3.05, 3.63) is 95.4 Å². The number of methoxy groups -OCH3 is 1. The van der Waals surface area contributed by atoms with Gasteiger partial charge in [-0.05, 0) is 41.5 Å². The Bertz CT molecular complexity index is 1340. The second-order valence-corrected chi connectivity index (χ2v) is 8.14. The first-order chi connectivity index (χ1) is 16.0. The van der Waals surface area contributed by atoms with E-state index in [4.69, 9.17) is 4.74 Å². The van der Waals surface area contributed by atoms with Gasteiger partial charge in [0.2, 0.25) is 5.91 Å². The van der Waals surface area contributed by atoms with E-state index in [9.17, 15) is 14.7 Å². The number of aromatic nitrogens is 2. The number of benzene rings is 2. The van der Waals surface area contributed by atoms with Crippen molar-refractivity contribution < 1.29 is 19.4 Å². The van der Waals surface area contributed by atoms with Crippen molar-refractivity contribution in [2.45, 2.75) is 25.1 Å². The molecule has 1 aliphatic rings. The average molecular weight is 441 g/mol. The van der Waals surface area contributed by atoms with Crippen LogP contribution >= 0.6 is 0 Å². The van der Waals surface area contributed by atoms with Crippen LogP contribution in [0.25, 0.3) is 10.9 Å². The molecule has 0 fully saturated rings. The first kappa shape index (κ1) is 20.9. The number of carbonyl (C=O) groups is 2. The van der Waals surface area contributed by atoms with E-state index >= 15 is 0 Å². The lowest BCUT2D eigenvalue weighted by Crippen LogP contribution is -2.35. The molecule has 7 heteroatoms. The van der Waals surface area contributed by atoms with Crippen molar-refractivity contribution in [3.63, 3.8) is 0 Å². The minimum Gasteiger partial charge on any atom is -0.497 e. The number of nitrogens with zero attached hydrogens (tertiary/aromatic N) is 2. The second-order valence-electron chi connectivity index (χ2n) is 8.14. The molecular weight excluding hydrogens is 418 g/mol. The van der Waals surface area contributed by atoms with Gasteiger partial charge < -0.3 is 19.7 Å². The van der Waals surface area contributed by atoms with Crippen LogP contribution < -0.4 is 10.1 Å². The van der Waals surface area contributed by atoms with E-state index in [1.807, 2.05) is 24.3 Å². The molecule has 0 spiro atoms. The molecule has 2 heterocycles. The Balaban J connectivity index is 1.41. The van der Waals surface area contributed by atoms with Gasteiger partial charge in [-0.15, -0.1) is 0 Å². The Kier molecular flexibility index (Phi) is 5.40. The van der Waals surface area contributed by atoms with E-state index in [1.165, 1.54) is 0 Å². The molecule has 1 amide bonds. The Morgan fingerprint density at radius 1 is 1.15 bits per heavy atom. The number of hydrogen-bond donors (Lipinski definition) is 2. The standard InChI is InChI=1S/C26H23N3O4/c1-33-18-8-6-16(7-9-18)26(32)21-14-29(22-13-27-11-10-20(21)22)15-24(31)28-25-19-5-3-2-4-17(19)12-23(25)30/h2-11,13-14,23,25,30H,12,15H2,1H3,(H,28,31)/t23-,25+/m1/s1. The van der Waals surface area contributed by atoms with Crippen LogP contribution in [0.4, 0.5) is 0 Å². The van der Waals surface area contributed by atoms with Gasteiger partial charge in [-0.3, -0.25) is 14.6 Å². The number of amides is 1. The van der Waals surface area contributed by atoms with Crippen molar-refractivity contribution in [1.29, 1.82) is 0 Å². The molecule has 5 rings (SSSR count). The third-order valence-corrected chi connectivity index (χ3v) is 6.12. The lowest BCUT2D eigenvalue weighted by atomic mass is 10.0. The van der Waals surface area contributed by atoms with Gasteiger partial charge in [0.15, 0.2) is 5.78 Å². The first-order valence-corrected chi connectivity index (χ1v) is 10.7. The predicted octanol–water partition coefficient (Wildman–Crippen LogP) is 3.05. The molecular formula is C26H23N3O4. The zero-order valence-corrected chi connectivity index (χ0v) is 18.1. The molecule has 2 aromatic heterocycles. The fourth-order valence-electron chi connectivity index (χ4n) is 4.47. The summed E-state index contributed by atoms with van der Waals surface area (Å²) >= 11 is 0. The fourth-order valence-corrected chi connectivity index (χ4v) is 4.47. The third-order valence-electron chi connectivity index (χ3n) is 6.12. The molecule has 2 atom stereocenters. The quantitative estimate of drug-likeness (QED) is 0.449. The number of carbonyl (C=O) groups excluding carboxylic acids is 2. The molecule has 0 saturated carbocycles. The normalized spacial score (nSPS) is 17.0. The highest BCUT2D eigenvalue weighted by Gasteiger charge is 2.32. The fraction of sp³-hybridized carbons (Fsp3) is 0.192. The molecule has 7 nitrogen and oxygen atoms in total. The SMILES string of the molecule is COc1ccc(C(=O)c2cn(CC(=O)N[C@H]3c4ccccc4C[C@H]3O)c3cnccc23)cc1.